The van der Waals surface area contributed by atoms with Crippen molar-refractivity contribution >= 4 is 50.6 Å². The van der Waals surface area contributed by atoms with E-state index in [4.69, 9.17) is 4.98 Å². The minimum Gasteiger partial charge on any atom is -0.477 e. The van der Waals surface area contributed by atoms with Gasteiger partial charge in [0.05, 0.1) is 6.54 Å². The first-order chi connectivity index (χ1) is 18.8. The van der Waals surface area contributed by atoms with E-state index in [0.717, 1.165) is 26.8 Å². The third-order valence-corrected chi connectivity index (χ3v) is 7.98. The average molecular weight is 561 g/mol. The zero-order valence-electron chi connectivity index (χ0n) is 21.1. The molecule has 11 heteroatoms. The summed E-state index contributed by atoms with van der Waals surface area (Å²) in [5.74, 6) is -0.863. The molecular weight excluding hydrogens is 536 g/mol. The third kappa shape index (κ3) is 5.11. The van der Waals surface area contributed by atoms with Gasteiger partial charge < -0.3 is 9.67 Å². The standard InChI is InChI=1S/C28H24N4O5S2/c1-3-23-30-24-17(2)15-22(28(34)35)29-25(24)31(23)16-18-9-11-19(12-10-18)21-13-14-38-27(21)32(39(36)37)26(33)20-7-5-4-6-8-20/h4-15H,3,16H2,1-2H3,(H,34,35)(H,36,37). The lowest BCUT2D eigenvalue weighted by Gasteiger charge is -2.18. The fourth-order valence-electron chi connectivity index (χ4n) is 4.42. The van der Waals surface area contributed by atoms with Crippen molar-refractivity contribution in [3.05, 3.63) is 100 Å². The number of carboxylic acid groups (broad SMARTS) is 1. The van der Waals surface area contributed by atoms with Crippen LogP contribution in [0.25, 0.3) is 22.3 Å². The molecule has 0 saturated heterocycles. The lowest BCUT2D eigenvalue weighted by Crippen LogP contribution is -2.32. The number of benzene rings is 2. The molecule has 3 aromatic heterocycles. The minimum atomic E-state index is -2.56. The maximum atomic E-state index is 13.1. The van der Waals surface area contributed by atoms with Gasteiger partial charge in [-0.3, -0.25) is 9.35 Å². The first-order valence-electron chi connectivity index (χ1n) is 12.1. The normalized spacial score (nSPS) is 12.0. The highest BCUT2D eigenvalue weighted by Gasteiger charge is 2.27. The highest BCUT2D eigenvalue weighted by Crippen LogP contribution is 2.37. The van der Waals surface area contributed by atoms with E-state index in [1.165, 1.54) is 17.4 Å². The van der Waals surface area contributed by atoms with Gasteiger partial charge in [0.25, 0.3) is 17.2 Å². The second-order valence-corrected chi connectivity index (χ2v) is 10.5. The Balaban J connectivity index is 1.48. The zero-order chi connectivity index (χ0) is 27.7. The Labute approximate surface area is 230 Å². The number of carbonyl (C=O) groups excluding carboxylic acids is 1. The predicted octanol–water partition coefficient (Wildman–Crippen LogP) is 5.56. The molecule has 198 valence electrons. The molecule has 3 heterocycles. The van der Waals surface area contributed by atoms with Crippen molar-refractivity contribution in [2.45, 2.75) is 26.8 Å². The Morgan fingerprint density at radius 3 is 2.41 bits per heavy atom. The fraction of sp³-hybridized carbons (Fsp3) is 0.143. The van der Waals surface area contributed by atoms with Gasteiger partial charge in [-0.2, -0.15) is 4.31 Å². The zero-order valence-corrected chi connectivity index (χ0v) is 22.7. The number of hydrogen-bond donors (Lipinski definition) is 2. The highest BCUT2D eigenvalue weighted by atomic mass is 32.2. The van der Waals surface area contributed by atoms with E-state index >= 15 is 0 Å². The number of carbonyl (C=O) groups is 2. The van der Waals surface area contributed by atoms with Crippen molar-refractivity contribution in [2.75, 3.05) is 4.31 Å². The number of aryl methyl sites for hydroxylation is 2. The summed E-state index contributed by atoms with van der Waals surface area (Å²) in [5, 5.41) is 11.6. The molecule has 0 radical (unpaired) electrons. The number of hydrogen-bond acceptors (Lipinski definition) is 6. The molecule has 0 spiro atoms. The molecule has 5 rings (SSSR count). The third-order valence-electron chi connectivity index (χ3n) is 6.30. The molecule has 1 unspecified atom stereocenters. The monoisotopic (exact) mass is 560 g/mol. The quantitative estimate of drug-likeness (QED) is 0.238. The number of pyridine rings is 1. The van der Waals surface area contributed by atoms with Crippen LogP contribution < -0.4 is 4.31 Å². The summed E-state index contributed by atoms with van der Waals surface area (Å²) in [5.41, 5.74) is 4.60. The molecule has 0 saturated carbocycles. The van der Waals surface area contributed by atoms with Crippen LogP contribution in [-0.2, 0) is 24.2 Å². The summed E-state index contributed by atoms with van der Waals surface area (Å²) >= 11 is -1.36. The van der Waals surface area contributed by atoms with E-state index < -0.39 is 23.1 Å². The summed E-state index contributed by atoms with van der Waals surface area (Å²) in [7, 11) is 0. The lowest BCUT2D eigenvalue weighted by molar-refractivity contribution is 0.0690. The largest absolute Gasteiger partial charge is 0.477 e. The SMILES string of the molecule is CCc1nc2c(C)cc(C(=O)O)nc2n1Cc1ccc(-c2ccsc2N(C(=O)c2ccccc2)S(=O)O)cc1. The number of anilines is 1. The Morgan fingerprint density at radius 1 is 1.05 bits per heavy atom. The van der Waals surface area contributed by atoms with Crippen molar-refractivity contribution in [3.8, 4) is 11.1 Å². The second-order valence-electron chi connectivity index (χ2n) is 8.80. The number of rotatable bonds is 8. The first-order valence-corrected chi connectivity index (χ1v) is 14.0. The van der Waals surface area contributed by atoms with Crippen molar-refractivity contribution in [1.82, 2.24) is 14.5 Å². The molecule has 0 bridgehead atoms. The Hall–Kier alpha value is -4.19. The van der Waals surface area contributed by atoms with Crippen LogP contribution in [0, 0.1) is 6.92 Å². The van der Waals surface area contributed by atoms with Crippen LogP contribution in [-0.4, -0.2) is 40.3 Å². The number of aromatic carboxylic acids is 1. The van der Waals surface area contributed by atoms with Crippen molar-refractivity contribution in [1.29, 1.82) is 0 Å². The summed E-state index contributed by atoms with van der Waals surface area (Å²) < 4.78 is 25.1. The van der Waals surface area contributed by atoms with E-state index in [9.17, 15) is 23.5 Å². The van der Waals surface area contributed by atoms with Crippen LogP contribution in [0.2, 0.25) is 0 Å². The molecule has 0 aliphatic rings. The predicted molar refractivity (Wildman–Crippen MR) is 151 cm³/mol. The van der Waals surface area contributed by atoms with Gasteiger partial charge in [-0.15, -0.1) is 11.3 Å². The van der Waals surface area contributed by atoms with Gasteiger partial charge in [-0.1, -0.05) is 49.4 Å². The fourth-order valence-corrected chi connectivity index (χ4v) is 6.05. The van der Waals surface area contributed by atoms with Gasteiger partial charge in [0.15, 0.2) is 11.3 Å². The van der Waals surface area contributed by atoms with Crippen molar-refractivity contribution in [2.24, 2.45) is 0 Å². The second kappa shape index (κ2) is 10.9. The van der Waals surface area contributed by atoms with Crippen LogP contribution in [0.15, 0.2) is 72.1 Å². The van der Waals surface area contributed by atoms with E-state index in [2.05, 4.69) is 4.98 Å². The van der Waals surface area contributed by atoms with Gasteiger partial charge in [0, 0.05) is 17.5 Å². The number of aromatic nitrogens is 3. The molecule has 9 nitrogen and oxygen atoms in total. The first kappa shape index (κ1) is 26.4. The smallest absolute Gasteiger partial charge is 0.354 e. The Bertz CT molecular complexity index is 1710. The van der Waals surface area contributed by atoms with Crippen LogP contribution in [0.3, 0.4) is 0 Å². The maximum Gasteiger partial charge on any atom is 0.354 e. The number of imidazole rings is 1. The van der Waals surface area contributed by atoms with Crippen LogP contribution in [0.1, 0.15) is 44.7 Å². The van der Waals surface area contributed by atoms with Crippen molar-refractivity contribution < 1.29 is 23.5 Å². The molecular formula is C28H24N4O5S2. The summed E-state index contributed by atoms with van der Waals surface area (Å²) in [6, 6.07) is 19.3. The Kier molecular flexibility index (Phi) is 7.38. The Morgan fingerprint density at radius 2 is 1.77 bits per heavy atom. The van der Waals surface area contributed by atoms with Crippen LogP contribution >= 0.6 is 11.3 Å². The topological polar surface area (TPSA) is 126 Å². The van der Waals surface area contributed by atoms with Crippen molar-refractivity contribution in [3.63, 3.8) is 0 Å². The molecule has 1 atom stereocenters. The van der Waals surface area contributed by atoms with Gasteiger partial charge in [-0.25, -0.2) is 19.0 Å². The van der Waals surface area contributed by atoms with E-state index in [0.29, 0.717) is 40.3 Å². The summed E-state index contributed by atoms with van der Waals surface area (Å²) in [4.78, 5) is 33.7. The molecule has 5 aromatic rings. The maximum absolute atomic E-state index is 13.1. The molecule has 39 heavy (non-hydrogen) atoms. The van der Waals surface area contributed by atoms with E-state index in [1.54, 1.807) is 35.7 Å². The molecule has 0 fully saturated rings. The van der Waals surface area contributed by atoms with Crippen LogP contribution in [0.5, 0.6) is 0 Å². The molecule has 0 aliphatic carbocycles. The molecule has 1 amide bonds. The highest BCUT2D eigenvalue weighted by molar-refractivity contribution is 7.82. The van der Waals surface area contributed by atoms with E-state index in [-0.39, 0.29) is 5.69 Å². The number of carboxylic acids is 1. The van der Waals surface area contributed by atoms with Crippen LogP contribution in [0.4, 0.5) is 5.00 Å². The summed E-state index contributed by atoms with van der Waals surface area (Å²) in [6.45, 7) is 4.25. The molecule has 0 aliphatic heterocycles. The summed E-state index contributed by atoms with van der Waals surface area (Å²) in [6.07, 6.45) is 0.651. The number of nitrogens with zero attached hydrogens (tertiary/aromatic N) is 4. The van der Waals surface area contributed by atoms with Gasteiger partial charge >= 0.3 is 5.97 Å². The average Bonchev–Trinajstić information content (AvgIpc) is 3.55. The molecule has 2 N–H and O–H groups in total. The van der Waals surface area contributed by atoms with Gasteiger partial charge in [0.1, 0.15) is 16.3 Å². The minimum absolute atomic E-state index is 0.0278. The number of amides is 1. The van der Waals surface area contributed by atoms with Gasteiger partial charge in [-0.05, 0) is 53.3 Å². The lowest BCUT2D eigenvalue weighted by atomic mass is 10.1. The van der Waals surface area contributed by atoms with Gasteiger partial charge in [0.2, 0.25) is 0 Å². The number of thiophene rings is 1. The molecule has 2 aromatic carbocycles. The van der Waals surface area contributed by atoms with E-state index in [1.807, 2.05) is 48.7 Å². The number of fused-ring (bicyclic) bond motifs is 1.